The minimum atomic E-state index is -0.432. The van der Waals surface area contributed by atoms with Crippen molar-refractivity contribution in [3.8, 4) is 0 Å². The van der Waals surface area contributed by atoms with E-state index in [1.165, 1.54) is 10.6 Å². The average Bonchev–Trinajstić information content (AvgIpc) is 1.69. The summed E-state index contributed by atoms with van der Waals surface area (Å²) in [5, 5.41) is 2.81. The van der Waals surface area contributed by atoms with E-state index in [1.54, 1.807) is 0 Å². The fourth-order valence-corrected chi connectivity index (χ4v) is 3.06. The van der Waals surface area contributed by atoms with Gasteiger partial charge < -0.3 is 3.88 Å². The van der Waals surface area contributed by atoms with Gasteiger partial charge in [-0.05, 0) is 14.1 Å². The minimum absolute atomic E-state index is 0.432. The zero-order valence-electron chi connectivity index (χ0n) is 6.44. The second-order valence-electron chi connectivity index (χ2n) is 2.43. The molecule has 0 aliphatic carbocycles. The highest BCUT2D eigenvalue weighted by molar-refractivity contribution is 6.55. The summed E-state index contributed by atoms with van der Waals surface area (Å²) in [6.07, 6.45) is 0. The molecule has 0 aromatic carbocycles. The molecule has 0 rings (SSSR count). The van der Waals surface area contributed by atoms with Crippen molar-refractivity contribution < 1.29 is 0 Å². The molecule has 0 N–H and O–H groups in total. The van der Waals surface area contributed by atoms with Crippen molar-refractivity contribution in [3.63, 3.8) is 0 Å². The van der Waals surface area contributed by atoms with E-state index in [2.05, 4.69) is 31.8 Å². The van der Waals surface area contributed by atoms with Gasteiger partial charge in [0, 0.05) is 0 Å². The lowest BCUT2D eigenvalue weighted by molar-refractivity contribution is 0.634. The summed E-state index contributed by atoms with van der Waals surface area (Å²) in [4.78, 5) is 0. The second-order valence-corrected chi connectivity index (χ2v) is 6.41. The molecule has 0 bridgehead atoms. The van der Waals surface area contributed by atoms with Gasteiger partial charge in [0.1, 0.15) is 0 Å². The summed E-state index contributed by atoms with van der Waals surface area (Å²) in [6.45, 7) is 4.58. The molecule has 48 valence electrons. The number of hydrogen-bond donors (Lipinski definition) is 0. The zero-order valence-corrected chi connectivity index (χ0v) is 7.59. The molecular weight excluding hydrogens is 113 g/mol. The van der Waals surface area contributed by atoms with E-state index in [9.17, 15) is 0 Å². The first kappa shape index (κ1) is 8.49. The van der Waals surface area contributed by atoms with Gasteiger partial charge in [-0.25, -0.2) is 0 Å². The second kappa shape index (κ2) is 4.38. The van der Waals surface area contributed by atoms with E-state index >= 15 is 0 Å². The van der Waals surface area contributed by atoms with E-state index in [0.29, 0.717) is 0 Å². The molecule has 2 heteroatoms. The van der Waals surface area contributed by atoms with Crippen LogP contribution in [0.25, 0.3) is 0 Å². The first-order valence-electron chi connectivity index (χ1n) is 3.38. The van der Waals surface area contributed by atoms with Crippen molar-refractivity contribution in [1.82, 2.24) is 3.88 Å². The van der Waals surface area contributed by atoms with Crippen LogP contribution >= 0.6 is 0 Å². The van der Waals surface area contributed by atoms with Crippen molar-refractivity contribution in [2.24, 2.45) is 0 Å². The van der Waals surface area contributed by atoms with Crippen molar-refractivity contribution in [2.45, 2.75) is 24.4 Å². The lowest BCUT2D eigenvalue weighted by Gasteiger charge is -2.14. The Morgan fingerprint density at radius 3 is 1.50 bits per heavy atom. The Morgan fingerprint density at radius 2 is 1.50 bits per heavy atom. The molecule has 0 aromatic rings. The van der Waals surface area contributed by atoms with Gasteiger partial charge in [-0.2, -0.15) is 0 Å². The van der Waals surface area contributed by atoms with Crippen LogP contribution < -0.4 is 0 Å². The molecule has 8 heavy (non-hydrogen) atoms. The topological polar surface area (TPSA) is 3.24 Å². The van der Waals surface area contributed by atoms with Gasteiger partial charge in [0.25, 0.3) is 0 Å². The molecule has 0 aromatic heterocycles. The molecule has 0 aliphatic rings. The van der Waals surface area contributed by atoms with E-state index in [0.717, 1.165) is 0 Å². The summed E-state index contributed by atoms with van der Waals surface area (Å²) in [6, 6.07) is 0. The molecule has 0 radical (unpaired) electrons. The predicted molar refractivity (Wildman–Crippen MR) is 40.4 cm³/mol. The van der Waals surface area contributed by atoms with Gasteiger partial charge >= 0.3 is 14.4 Å². The fourth-order valence-electron chi connectivity index (χ4n) is 1.02. The highest BCUT2D eigenvalue weighted by Crippen LogP contribution is 1.98. The van der Waals surface area contributed by atoms with Crippen LogP contribution in [0.3, 0.4) is 0 Å². The van der Waals surface area contributed by atoms with E-state index in [4.69, 9.17) is 0 Å². The maximum Gasteiger partial charge on any atom is 0.371 e. The smallest absolute Gasteiger partial charge is 0.371 e. The van der Waals surface area contributed by atoms with Crippen molar-refractivity contribution in [2.75, 3.05) is 14.1 Å². The third kappa shape index (κ3) is 2.72. The van der Waals surface area contributed by atoms with Crippen molar-refractivity contribution in [3.05, 3.63) is 0 Å². The number of nitrogens with zero attached hydrogens (tertiary/aromatic N) is 1. The van der Waals surface area contributed by atoms with Crippen LogP contribution in [0, 0.1) is 0 Å². The van der Waals surface area contributed by atoms with Crippen molar-refractivity contribution >= 4 is 14.4 Å². The van der Waals surface area contributed by atoms with Crippen LogP contribution in [0.2, 0.25) is 10.6 Å². The van der Waals surface area contributed by atoms with Crippen LogP contribution in [0.1, 0.15) is 13.8 Å². The van der Waals surface area contributed by atoms with Crippen LogP contribution in [0.4, 0.5) is 0 Å². The maximum atomic E-state index is 2.42. The van der Waals surface area contributed by atoms with Crippen LogP contribution in [-0.4, -0.2) is 32.3 Å². The van der Waals surface area contributed by atoms with Gasteiger partial charge in [-0.3, -0.25) is 0 Å². The molecule has 0 saturated carbocycles. The SMILES string of the molecule is C[CH2][Al]([CH2]C)[N](C)C. The Kier molecular flexibility index (Phi) is 4.65. The monoisotopic (exact) mass is 129 g/mol. The van der Waals surface area contributed by atoms with Gasteiger partial charge in [-0.1, -0.05) is 24.4 Å². The third-order valence-electron chi connectivity index (χ3n) is 1.67. The molecule has 0 atom stereocenters. The van der Waals surface area contributed by atoms with Gasteiger partial charge in [0.05, 0.1) is 0 Å². The highest BCUT2D eigenvalue weighted by Gasteiger charge is 2.14. The van der Waals surface area contributed by atoms with E-state index in [1.807, 2.05) is 0 Å². The Balaban J connectivity index is 3.35. The Labute approximate surface area is 57.3 Å². The molecule has 0 aliphatic heterocycles. The summed E-state index contributed by atoms with van der Waals surface area (Å²) < 4.78 is 2.42. The largest absolute Gasteiger partial charge is 0.390 e. The molecule has 0 heterocycles. The summed E-state index contributed by atoms with van der Waals surface area (Å²) in [5.74, 6) is 0. The molecule has 0 unspecified atom stereocenters. The number of rotatable bonds is 3. The fraction of sp³-hybridized carbons (Fsp3) is 1.00. The normalized spacial score (nSPS) is 10.1. The molecule has 0 spiro atoms. The molecule has 0 fully saturated rings. The van der Waals surface area contributed by atoms with Crippen molar-refractivity contribution in [1.29, 1.82) is 0 Å². The Bertz CT molecular complexity index is 50.5. The van der Waals surface area contributed by atoms with Crippen LogP contribution in [0.5, 0.6) is 0 Å². The van der Waals surface area contributed by atoms with E-state index in [-0.39, 0.29) is 0 Å². The average molecular weight is 129 g/mol. The summed E-state index contributed by atoms with van der Waals surface area (Å²) in [5.41, 5.74) is 0. The first-order chi connectivity index (χ1) is 3.72. The zero-order chi connectivity index (χ0) is 6.57. The quantitative estimate of drug-likeness (QED) is 0.523. The Morgan fingerprint density at radius 1 is 1.12 bits per heavy atom. The minimum Gasteiger partial charge on any atom is -0.390 e. The number of hydrogen-bond acceptors (Lipinski definition) is 1. The van der Waals surface area contributed by atoms with Crippen LogP contribution in [-0.2, 0) is 0 Å². The first-order valence-corrected chi connectivity index (χ1v) is 5.53. The predicted octanol–water partition coefficient (Wildman–Crippen LogP) is 1.58. The van der Waals surface area contributed by atoms with Crippen LogP contribution in [0.15, 0.2) is 0 Å². The van der Waals surface area contributed by atoms with Gasteiger partial charge in [0.2, 0.25) is 0 Å². The summed E-state index contributed by atoms with van der Waals surface area (Å²) in [7, 11) is 4.40. The summed E-state index contributed by atoms with van der Waals surface area (Å²) >= 11 is -0.432. The molecular formula is C6H16AlN. The molecule has 0 amide bonds. The Hall–Kier alpha value is 0.492. The lowest BCUT2D eigenvalue weighted by atomic mass is 10.9. The molecule has 0 saturated heterocycles. The third-order valence-corrected chi connectivity index (χ3v) is 5.02. The van der Waals surface area contributed by atoms with E-state index < -0.39 is 14.4 Å². The standard InChI is InChI=1S/C2H6N.2C2H5.Al/c1-3-2;2*1-2;/h1-2H3;2*1H2,2H3;/q-1;;;+1. The lowest BCUT2D eigenvalue weighted by Crippen LogP contribution is -2.30. The molecule has 1 nitrogen and oxygen atoms in total. The van der Waals surface area contributed by atoms with Gasteiger partial charge in [-0.15, -0.1) is 0 Å². The highest BCUT2D eigenvalue weighted by atomic mass is 27.2. The maximum absolute atomic E-state index is 2.42. The van der Waals surface area contributed by atoms with Gasteiger partial charge in [0.15, 0.2) is 0 Å².